The summed E-state index contributed by atoms with van der Waals surface area (Å²) < 4.78 is 8.89. The molecule has 3 N–H and O–H groups in total. The number of nitrogens with one attached hydrogen (secondary N) is 3. The largest absolute Gasteiger partial charge is 0.484 e. The summed E-state index contributed by atoms with van der Waals surface area (Å²) >= 11 is 0. The Morgan fingerprint density at radius 2 is 1.77 bits per heavy atom. The Kier molecular flexibility index (Phi) is 9.17. The highest BCUT2D eigenvalue weighted by Crippen LogP contribution is 2.28. The Morgan fingerprint density at radius 3 is 2.49 bits per heavy atom. The number of benzene rings is 2. The van der Waals surface area contributed by atoms with Gasteiger partial charge in [-0.2, -0.15) is 0 Å². The maximum Gasteiger partial charge on any atom is 0.261 e. The quantitative estimate of drug-likeness (QED) is 0.247. The normalized spacial score (nSPS) is 21.8. The molecule has 47 heavy (non-hydrogen) atoms. The molecule has 0 saturated carbocycles. The summed E-state index contributed by atoms with van der Waals surface area (Å²) in [6.45, 7) is 3.56. The standard InChI is InChI=1S/C31H35N11O5/c1-19(2)28-31(46)34-25(12-20-6-4-3-5-7-20)29(44)32-14-21-15-41(38-36-21)23-13-26(30(45)35-28)40(16-23)27(43)17-47-24-10-8-22(9-11-24)42-18-33-37-39-42/h3-11,15,18-19,23,25-26,28H,12-14,16-17H2,1-2H3,(H,32,44)(H,34,46)(H,35,45)/t23-,25+,26-,28-/m0/s1. The third kappa shape index (κ3) is 7.26. The van der Waals surface area contributed by atoms with E-state index in [0.717, 1.165) is 5.56 Å². The molecule has 4 aromatic rings. The van der Waals surface area contributed by atoms with Crippen LogP contribution in [0, 0.1) is 5.92 Å². The highest BCUT2D eigenvalue weighted by molar-refractivity contribution is 5.95. The first-order chi connectivity index (χ1) is 22.7. The van der Waals surface area contributed by atoms with E-state index in [1.54, 1.807) is 49.0 Å². The van der Waals surface area contributed by atoms with Gasteiger partial charge >= 0.3 is 0 Å². The SMILES string of the molecule is CC(C)[C@@H]1NC(=O)[C@@H]2C[C@@H](CN2C(=O)COc2ccc(-n3cnnn3)cc2)n2cc(nn2)CNC(=O)[C@@H](Cc2ccccc2)NC1=O. The number of carbonyl (C=O) groups excluding carboxylic acids is 4. The van der Waals surface area contributed by atoms with Crippen LogP contribution in [-0.2, 0) is 32.1 Å². The van der Waals surface area contributed by atoms with Crippen molar-refractivity contribution in [2.45, 2.75) is 57.4 Å². The fraction of sp³-hybridized carbons (Fsp3) is 0.387. The lowest BCUT2D eigenvalue weighted by atomic mass is 10.00. The molecule has 0 radical (unpaired) electrons. The summed E-state index contributed by atoms with van der Waals surface area (Å²) in [6, 6.07) is 13.1. The van der Waals surface area contributed by atoms with Gasteiger partial charge in [0.1, 0.15) is 35.9 Å². The number of nitrogens with zero attached hydrogens (tertiary/aromatic N) is 8. The maximum atomic E-state index is 13.8. The van der Waals surface area contributed by atoms with Crippen LogP contribution < -0.4 is 20.7 Å². The van der Waals surface area contributed by atoms with Gasteiger partial charge in [0.25, 0.3) is 5.91 Å². The molecule has 244 valence electrons. The van der Waals surface area contributed by atoms with Gasteiger partial charge in [-0.25, -0.2) is 9.36 Å². The minimum absolute atomic E-state index is 0.0869. The van der Waals surface area contributed by atoms with Crippen LogP contribution >= 0.6 is 0 Å². The number of rotatable bonds is 7. The van der Waals surface area contributed by atoms with Gasteiger partial charge in [0, 0.05) is 19.4 Å². The summed E-state index contributed by atoms with van der Waals surface area (Å²) in [6.07, 6.45) is 3.65. The van der Waals surface area contributed by atoms with E-state index < -0.39 is 35.8 Å². The molecule has 2 aliphatic rings. The van der Waals surface area contributed by atoms with E-state index in [2.05, 4.69) is 41.8 Å². The zero-order chi connectivity index (χ0) is 32.9. The lowest BCUT2D eigenvalue weighted by Crippen LogP contribution is -2.58. The second kappa shape index (κ2) is 13.8. The summed E-state index contributed by atoms with van der Waals surface area (Å²) in [5.41, 5.74) is 2.07. The van der Waals surface area contributed by atoms with E-state index in [4.69, 9.17) is 4.74 Å². The first-order valence-electron chi connectivity index (χ1n) is 15.3. The lowest BCUT2D eigenvalue weighted by Gasteiger charge is -2.29. The Morgan fingerprint density at radius 1 is 0.979 bits per heavy atom. The predicted molar refractivity (Wildman–Crippen MR) is 165 cm³/mol. The van der Waals surface area contributed by atoms with Crippen molar-refractivity contribution in [2.75, 3.05) is 13.2 Å². The highest BCUT2D eigenvalue weighted by atomic mass is 16.5. The van der Waals surface area contributed by atoms with E-state index in [0.29, 0.717) is 17.1 Å². The summed E-state index contributed by atoms with van der Waals surface area (Å²) in [4.78, 5) is 55.8. The van der Waals surface area contributed by atoms with E-state index in [-0.39, 0.29) is 50.4 Å². The Balaban J connectivity index is 1.21. The van der Waals surface area contributed by atoms with Crippen molar-refractivity contribution in [3.8, 4) is 11.4 Å². The third-order valence-corrected chi connectivity index (χ3v) is 8.25. The second-order valence-electron chi connectivity index (χ2n) is 11.9. The van der Waals surface area contributed by atoms with E-state index in [1.807, 2.05) is 30.3 Å². The van der Waals surface area contributed by atoms with E-state index >= 15 is 0 Å². The summed E-state index contributed by atoms with van der Waals surface area (Å²) in [7, 11) is 0. The number of hydrogen-bond donors (Lipinski definition) is 3. The zero-order valence-electron chi connectivity index (χ0n) is 25.9. The van der Waals surface area contributed by atoms with Gasteiger partial charge in [0.15, 0.2) is 6.61 Å². The number of aromatic nitrogens is 7. The van der Waals surface area contributed by atoms with Crippen molar-refractivity contribution in [3.05, 3.63) is 78.4 Å². The highest BCUT2D eigenvalue weighted by Gasteiger charge is 2.42. The monoisotopic (exact) mass is 641 g/mol. The van der Waals surface area contributed by atoms with Crippen LogP contribution in [0.3, 0.4) is 0 Å². The average Bonchev–Trinajstić information content (AvgIpc) is 3.86. The molecular formula is C31H35N11O5. The van der Waals surface area contributed by atoms with Gasteiger partial charge in [-0.1, -0.05) is 49.4 Å². The number of carbonyl (C=O) groups is 4. The van der Waals surface area contributed by atoms with Crippen molar-refractivity contribution >= 4 is 23.6 Å². The Bertz CT molecular complexity index is 1710. The van der Waals surface area contributed by atoms with Crippen molar-refractivity contribution in [2.24, 2.45) is 5.92 Å². The smallest absolute Gasteiger partial charge is 0.261 e. The van der Waals surface area contributed by atoms with E-state index in [1.165, 1.54) is 15.9 Å². The van der Waals surface area contributed by atoms with Crippen molar-refractivity contribution in [3.63, 3.8) is 0 Å². The molecule has 6 rings (SSSR count). The number of likely N-dealkylation sites (tertiary alicyclic amines) is 1. The molecule has 0 aliphatic carbocycles. The molecule has 1 saturated heterocycles. The van der Waals surface area contributed by atoms with Crippen LogP contribution in [0.25, 0.3) is 5.69 Å². The van der Waals surface area contributed by atoms with Crippen molar-refractivity contribution in [1.82, 2.24) is 56.1 Å². The predicted octanol–water partition coefficient (Wildman–Crippen LogP) is -0.0271. The Labute approximate surface area is 269 Å². The van der Waals surface area contributed by atoms with Gasteiger partial charge < -0.3 is 25.6 Å². The Hall–Kier alpha value is -5.67. The minimum atomic E-state index is -0.956. The average molecular weight is 642 g/mol. The fourth-order valence-corrected chi connectivity index (χ4v) is 5.71. The van der Waals surface area contributed by atoms with Gasteiger partial charge in [-0.05, 0) is 46.2 Å². The number of tetrazole rings is 1. The van der Waals surface area contributed by atoms with Crippen molar-refractivity contribution < 1.29 is 23.9 Å². The van der Waals surface area contributed by atoms with Gasteiger partial charge in [-0.3, -0.25) is 19.2 Å². The minimum Gasteiger partial charge on any atom is -0.484 e. The summed E-state index contributed by atoms with van der Waals surface area (Å²) in [5, 5.41) is 28.1. The molecule has 16 heteroatoms. The second-order valence-corrected chi connectivity index (χ2v) is 11.9. The molecular weight excluding hydrogens is 606 g/mol. The van der Waals surface area contributed by atoms with E-state index in [9.17, 15) is 19.2 Å². The van der Waals surface area contributed by atoms with Gasteiger partial charge in [0.05, 0.1) is 24.5 Å². The molecule has 0 spiro atoms. The van der Waals surface area contributed by atoms with Crippen LogP contribution in [0.2, 0.25) is 0 Å². The topological polar surface area (TPSA) is 191 Å². The molecule has 4 heterocycles. The van der Waals surface area contributed by atoms with Crippen LogP contribution in [-0.4, -0.2) is 95.0 Å². The molecule has 1 fully saturated rings. The molecule has 2 aliphatic heterocycles. The number of amides is 4. The third-order valence-electron chi connectivity index (χ3n) is 8.25. The first-order valence-corrected chi connectivity index (χ1v) is 15.3. The van der Waals surface area contributed by atoms with Crippen LogP contribution in [0.15, 0.2) is 67.1 Å². The van der Waals surface area contributed by atoms with Gasteiger partial charge in [0.2, 0.25) is 17.7 Å². The summed E-state index contributed by atoms with van der Waals surface area (Å²) in [5.74, 6) is -1.63. The maximum absolute atomic E-state index is 13.8. The van der Waals surface area contributed by atoms with Crippen LogP contribution in [0.4, 0.5) is 0 Å². The van der Waals surface area contributed by atoms with Crippen LogP contribution in [0.5, 0.6) is 5.75 Å². The molecule has 2 aromatic heterocycles. The first kappa shape index (κ1) is 31.3. The fourth-order valence-electron chi connectivity index (χ4n) is 5.71. The number of ether oxygens (including phenoxy) is 1. The van der Waals surface area contributed by atoms with Crippen LogP contribution in [0.1, 0.15) is 37.6 Å². The molecule has 0 unspecified atom stereocenters. The number of hydrogen-bond acceptors (Lipinski definition) is 10. The molecule has 4 bridgehead atoms. The zero-order valence-corrected chi connectivity index (χ0v) is 25.9. The van der Waals surface area contributed by atoms with Gasteiger partial charge in [-0.15, -0.1) is 10.2 Å². The molecule has 4 amide bonds. The van der Waals surface area contributed by atoms with Crippen molar-refractivity contribution in [1.29, 1.82) is 0 Å². The number of fused-ring (bicyclic) bond motifs is 5. The lowest BCUT2D eigenvalue weighted by molar-refractivity contribution is -0.141. The molecule has 16 nitrogen and oxygen atoms in total. The molecule has 4 atom stereocenters. The molecule has 2 aromatic carbocycles.